The van der Waals surface area contributed by atoms with Crippen molar-refractivity contribution in [2.75, 3.05) is 0 Å². The maximum atomic E-state index is 10.8. The SMILES string of the molecule is CCc1c(CO)cnc(C)c1OP(=O)(O)O. The van der Waals surface area contributed by atoms with Crippen LogP contribution in [0.3, 0.4) is 0 Å². The molecule has 0 aliphatic heterocycles. The first-order chi connectivity index (χ1) is 7.39. The smallest absolute Gasteiger partial charge is 0.402 e. The monoisotopic (exact) mass is 247 g/mol. The van der Waals surface area contributed by atoms with Crippen LogP contribution in [0.4, 0.5) is 0 Å². The Morgan fingerprint density at radius 1 is 1.50 bits per heavy atom. The van der Waals surface area contributed by atoms with Gasteiger partial charge in [-0.25, -0.2) is 4.57 Å². The van der Waals surface area contributed by atoms with Crippen LogP contribution in [0.1, 0.15) is 23.7 Å². The molecular formula is C9H14NO5P. The molecular weight excluding hydrogens is 233 g/mol. The molecule has 1 aromatic rings. The summed E-state index contributed by atoms with van der Waals surface area (Å²) in [5, 5.41) is 9.07. The third-order valence-electron chi connectivity index (χ3n) is 2.14. The molecule has 0 amide bonds. The number of aromatic nitrogens is 1. The summed E-state index contributed by atoms with van der Waals surface area (Å²) in [6, 6.07) is 0. The maximum absolute atomic E-state index is 10.8. The molecule has 1 heterocycles. The number of hydrogen-bond donors (Lipinski definition) is 3. The highest BCUT2D eigenvalue weighted by Gasteiger charge is 2.21. The van der Waals surface area contributed by atoms with Gasteiger partial charge in [0.1, 0.15) is 0 Å². The molecule has 1 aromatic heterocycles. The molecule has 6 nitrogen and oxygen atoms in total. The number of aryl methyl sites for hydroxylation is 1. The minimum absolute atomic E-state index is 0.0578. The highest BCUT2D eigenvalue weighted by Crippen LogP contribution is 2.41. The van der Waals surface area contributed by atoms with Crippen LogP contribution < -0.4 is 4.52 Å². The van der Waals surface area contributed by atoms with E-state index in [1.807, 2.05) is 0 Å². The van der Waals surface area contributed by atoms with E-state index in [9.17, 15) is 4.57 Å². The molecule has 0 saturated carbocycles. The van der Waals surface area contributed by atoms with Crippen molar-refractivity contribution in [1.82, 2.24) is 4.98 Å². The lowest BCUT2D eigenvalue weighted by molar-refractivity contribution is 0.272. The van der Waals surface area contributed by atoms with E-state index in [-0.39, 0.29) is 12.4 Å². The molecule has 16 heavy (non-hydrogen) atoms. The number of pyridine rings is 1. The normalized spacial score (nSPS) is 11.6. The number of nitrogens with zero attached hydrogens (tertiary/aromatic N) is 1. The van der Waals surface area contributed by atoms with Gasteiger partial charge >= 0.3 is 7.82 Å². The van der Waals surface area contributed by atoms with Gasteiger partial charge in [-0.3, -0.25) is 14.8 Å². The van der Waals surface area contributed by atoms with Crippen LogP contribution in [0.15, 0.2) is 6.20 Å². The predicted octanol–water partition coefficient (Wildman–Crippen LogP) is 0.916. The van der Waals surface area contributed by atoms with E-state index in [0.29, 0.717) is 23.2 Å². The summed E-state index contributed by atoms with van der Waals surface area (Å²) >= 11 is 0. The Bertz CT molecular complexity index is 428. The second-order valence-corrected chi connectivity index (χ2v) is 4.43. The highest BCUT2D eigenvalue weighted by atomic mass is 31.2. The number of hydrogen-bond acceptors (Lipinski definition) is 4. The first kappa shape index (κ1) is 13.1. The summed E-state index contributed by atoms with van der Waals surface area (Å²) in [7, 11) is -4.61. The lowest BCUT2D eigenvalue weighted by Gasteiger charge is -2.15. The molecule has 0 aliphatic rings. The largest absolute Gasteiger partial charge is 0.524 e. The Balaban J connectivity index is 3.29. The van der Waals surface area contributed by atoms with E-state index in [1.165, 1.54) is 6.20 Å². The molecule has 0 fully saturated rings. The number of phosphoric acid groups is 1. The summed E-state index contributed by atoms with van der Waals surface area (Å²) in [4.78, 5) is 21.5. The van der Waals surface area contributed by atoms with Crippen LogP contribution >= 0.6 is 7.82 Å². The van der Waals surface area contributed by atoms with Gasteiger partial charge in [0.15, 0.2) is 5.75 Å². The van der Waals surface area contributed by atoms with Gasteiger partial charge in [0.05, 0.1) is 12.3 Å². The van der Waals surface area contributed by atoms with Crippen molar-refractivity contribution in [3.05, 3.63) is 23.0 Å². The average molecular weight is 247 g/mol. The number of aliphatic hydroxyl groups is 1. The zero-order valence-corrected chi connectivity index (χ0v) is 9.94. The fourth-order valence-electron chi connectivity index (χ4n) is 1.44. The standard InChI is InChI=1S/C9H14NO5P/c1-3-8-7(5-11)4-10-6(2)9(8)15-16(12,13)14/h4,11H,3,5H2,1-2H3,(H2,12,13,14). The fourth-order valence-corrected chi connectivity index (χ4v) is 1.92. The first-order valence-corrected chi connectivity index (χ1v) is 6.25. The van der Waals surface area contributed by atoms with Gasteiger partial charge in [-0.1, -0.05) is 6.92 Å². The van der Waals surface area contributed by atoms with Crippen molar-refractivity contribution < 1.29 is 24.0 Å². The summed E-state index contributed by atoms with van der Waals surface area (Å²) < 4.78 is 15.4. The van der Waals surface area contributed by atoms with Crippen molar-refractivity contribution in [2.24, 2.45) is 0 Å². The predicted molar refractivity (Wildman–Crippen MR) is 56.9 cm³/mol. The zero-order valence-electron chi connectivity index (χ0n) is 9.04. The van der Waals surface area contributed by atoms with Gasteiger partial charge in [-0.2, -0.15) is 0 Å². The Kier molecular flexibility index (Phi) is 4.04. The molecule has 0 bridgehead atoms. The zero-order chi connectivity index (χ0) is 12.3. The molecule has 7 heteroatoms. The Hall–Kier alpha value is -0.940. The lowest BCUT2D eigenvalue weighted by Crippen LogP contribution is -2.03. The van der Waals surface area contributed by atoms with Crippen LogP contribution in [0, 0.1) is 6.92 Å². The molecule has 3 N–H and O–H groups in total. The molecule has 0 radical (unpaired) electrons. The quantitative estimate of drug-likeness (QED) is 0.684. The third-order valence-corrected chi connectivity index (χ3v) is 2.56. The summed E-state index contributed by atoms with van der Waals surface area (Å²) in [6.45, 7) is 3.15. The lowest BCUT2D eigenvalue weighted by atomic mass is 10.1. The summed E-state index contributed by atoms with van der Waals surface area (Å²) in [5.74, 6) is 0.0578. The van der Waals surface area contributed by atoms with Crippen molar-refractivity contribution >= 4 is 7.82 Å². The number of aliphatic hydroxyl groups excluding tert-OH is 1. The minimum Gasteiger partial charge on any atom is -0.402 e. The molecule has 0 spiro atoms. The van der Waals surface area contributed by atoms with E-state index >= 15 is 0 Å². The van der Waals surface area contributed by atoms with Gasteiger partial charge in [0.25, 0.3) is 0 Å². The van der Waals surface area contributed by atoms with E-state index < -0.39 is 7.82 Å². The van der Waals surface area contributed by atoms with Crippen molar-refractivity contribution in [1.29, 1.82) is 0 Å². The third kappa shape index (κ3) is 3.02. The van der Waals surface area contributed by atoms with Gasteiger partial charge < -0.3 is 9.63 Å². The second-order valence-electron chi connectivity index (χ2n) is 3.27. The molecule has 0 atom stereocenters. The average Bonchev–Trinajstić information content (AvgIpc) is 2.19. The van der Waals surface area contributed by atoms with Crippen LogP contribution in [-0.4, -0.2) is 19.9 Å². The topological polar surface area (TPSA) is 99.9 Å². The van der Waals surface area contributed by atoms with E-state index in [4.69, 9.17) is 14.9 Å². The van der Waals surface area contributed by atoms with Gasteiger partial charge in [0.2, 0.25) is 0 Å². The van der Waals surface area contributed by atoms with Crippen molar-refractivity contribution in [3.63, 3.8) is 0 Å². The van der Waals surface area contributed by atoms with Crippen molar-refractivity contribution in [3.8, 4) is 5.75 Å². The van der Waals surface area contributed by atoms with Crippen LogP contribution in [-0.2, 0) is 17.6 Å². The number of rotatable bonds is 4. The van der Waals surface area contributed by atoms with Gasteiger partial charge in [-0.15, -0.1) is 0 Å². The molecule has 1 rings (SSSR count). The highest BCUT2D eigenvalue weighted by molar-refractivity contribution is 7.46. The summed E-state index contributed by atoms with van der Waals surface area (Å²) in [6.07, 6.45) is 1.97. The van der Waals surface area contributed by atoms with Crippen molar-refractivity contribution in [2.45, 2.75) is 26.9 Å². The molecule has 0 unspecified atom stereocenters. The summed E-state index contributed by atoms with van der Waals surface area (Å²) in [5.41, 5.74) is 1.47. The van der Waals surface area contributed by atoms with Crippen LogP contribution in [0.25, 0.3) is 0 Å². The second kappa shape index (κ2) is 4.93. The van der Waals surface area contributed by atoms with Crippen LogP contribution in [0.2, 0.25) is 0 Å². The Labute approximate surface area is 93.2 Å². The number of phosphoric ester groups is 1. The Morgan fingerprint density at radius 2 is 2.12 bits per heavy atom. The minimum atomic E-state index is -4.61. The van der Waals surface area contributed by atoms with Gasteiger partial charge in [0, 0.05) is 17.3 Å². The maximum Gasteiger partial charge on any atom is 0.524 e. The molecule has 0 aliphatic carbocycles. The van der Waals surface area contributed by atoms with E-state index in [2.05, 4.69) is 9.51 Å². The molecule has 90 valence electrons. The van der Waals surface area contributed by atoms with Gasteiger partial charge in [-0.05, 0) is 13.3 Å². The molecule has 0 aromatic carbocycles. The van der Waals surface area contributed by atoms with E-state index in [1.54, 1.807) is 13.8 Å². The Morgan fingerprint density at radius 3 is 2.56 bits per heavy atom. The fraction of sp³-hybridized carbons (Fsp3) is 0.444. The first-order valence-electron chi connectivity index (χ1n) is 4.72. The van der Waals surface area contributed by atoms with Crippen LogP contribution in [0.5, 0.6) is 5.75 Å². The van der Waals surface area contributed by atoms with E-state index in [0.717, 1.165) is 0 Å². The molecule has 0 saturated heterocycles.